The summed E-state index contributed by atoms with van der Waals surface area (Å²) in [5.41, 5.74) is 8.41. The van der Waals surface area contributed by atoms with Crippen molar-refractivity contribution >= 4 is 35.8 Å². The van der Waals surface area contributed by atoms with Crippen molar-refractivity contribution in [2.75, 3.05) is 20.1 Å². The number of likely N-dealkylation sites (tertiary alicyclic amines) is 1. The molecule has 0 spiro atoms. The van der Waals surface area contributed by atoms with Gasteiger partial charge in [-0.2, -0.15) is 0 Å². The van der Waals surface area contributed by atoms with Gasteiger partial charge in [0.2, 0.25) is 5.91 Å². The number of benzene rings is 2. The molecule has 1 fully saturated rings. The van der Waals surface area contributed by atoms with Gasteiger partial charge in [-0.25, -0.2) is 4.39 Å². The summed E-state index contributed by atoms with van der Waals surface area (Å²) in [6.45, 7) is 3.48. The topological polar surface area (TPSA) is 82.8 Å². The summed E-state index contributed by atoms with van der Waals surface area (Å²) in [5, 5.41) is 6.41. The van der Waals surface area contributed by atoms with E-state index in [9.17, 15) is 9.18 Å². The van der Waals surface area contributed by atoms with Gasteiger partial charge in [0.05, 0.1) is 5.92 Å². The molecule has 1 atom stereocenters. The van der Waals surface area contributed by atoms with Crippen LogP contribution >= 0.6 is 24.0 Å². The van der Waals surface area contributed by atoms with Gasteiger partial charge < -0.3 is 16.4 Å². The number of rotatable bonds is 7. The zero-order chi connectivity index (χ0) is 21.3. The van der Waals surface area contributed by atoms with Crippen molar-refractivity contribution in [1.29, 1.82) is 0 Å². The smallest absolute Gasteiger partial charge is 0.221 e. The first-order valence-electron chi connectivity index (χ1n) is 10.3. The number of hydrogen-bond donors (Lipinski definition) is 3. The lowest BCUT2D eigenvalue weighted by Crippen LogP contribution is -2.40. The average Bonchev–Trinajstić information content (AvgIpc) is 2.75. The molecule has 0 radical (unpaired) electrons. The van der Waals surface area contributed by atoms with Crippen molar-refractivity contribution in [1.82, 2.24) is 15.5 Å². The Kier molecular flexibility index (Phi) is 10.2. The molecular formula is C23H31FIN5O. The Labute approximate surface area is 200 Å². The van der Waals surface area contributed by atoms with Gasteiger partial charge >= 0.3 is 0 Å². The van der Waals surface area contributed by atoms with Gasteiger partial charge in [0, 0.05) is 38.8 Å². The molecule has 0 bridgehead atoms. The Hall–Kier alpha value is -2.20. The van der Waals surface area contributed by atoms with E-state index in [0.717, 1.165) is 38.0 Å². The van der Waals surface area contributed by atoms with E-state index in [4.69, 9.17) is 5.73 Å². The van der Waals surface area contributed by atoms with Crippen LogP contribution in [0, 0.1) is 11.7 Å². The Morgan fingerprint density at radius 1 is 1.16 bits per heavy atom. The van der Waals surface area contributed by atoms with Crippen LogP contribution in [0.25, 0.3) is 0 Å². The maximum absolute atomic E-state index is 13.8. The number of aliphatic imine (C=N–C) groups is 1. The number of nitrogens with one attached hydrogen (secondary N) is 2. The largest absolute Gasteiger partial charge is 0.369 e. The van der Waals surface area contributed by atoms with Crippen LogP contribution in [0.5, 0.6) is 0 Å². The Morgan fingerprint density at radius 3 is 2.65 bits per heavy atom. The average molecular weight is 539 g/mol. The fourth-order valence-electron chi connectivity index (χ4n) is 3.75. The lowest BCUT2D eigenvalue weighted by Gasteiger charge is -2.31. The van der Waals surface area contributed by atoms with Crippen molar-refractivity contribution < 1.29 is 9.18 Å². The van der Waals surface area contributed by atoms with Gasteiger partial charge in [-0.05, 0) is 36.6 Å². The minimum Gasteiger partial charge on any atom is -0.369 e. The van der Waals surface area contributed by atoms with Crippen molar-refractivity contribution in [3.05, 3.63) is 71.0 Å². The number of nitrogens with zero attached hydrogens (tertiary/aromatic N) is 2. The minimum atomic E-state index is -0.232. The van der Waals surface area contributed by atoms with Crippen LogP contribution < -0.4 is 16.4 Å². The van der Waals surface area contributed by atoms with E-state index >= 15 is 0 Å². The normalized spacial score (nSPS) is 17.0. The van der Waals surface area contributed by atoms with Gasteiger partial charge in [0.1, 0.15) is 5.82 Å². The van der Waals surface area contributed by atoms with E-state index in [1.807, 2.05) is 12.1 Å². The summed E-state index contributed by atoms with van der Waals surface area (Å²) in [5.74, 6) is 0.132. The number of carbonyl (C=O) groups is 1. The highest BCUT2D eigenvalue weighted by Crippen LogP contribution is 2.18. The molecule has 3 rings (SSSR count). The number of nitrogens with two attached hydrogens (primary N) is 1. The molecule has 6 nitrogen and oxygen atoms in total. The standard InChI is InChI=1S/C23H30FN5O.HI/c1-26-23(28-14-19-8-2-3-10-21(19)24)27-13-17-6-4-7-18(12-17)15-29-11-5-9-20(16-29)22(25)30;/h2-4,6-8,10,12,20H,5,9,11,13-16H2,1H3,(H2,25,30)(H2,26,27,28);1H. The molecule has 8 heteroatoms. The SMILES string of the molecule is CN=C(NCc1cccc(CN2CCCC(C(N)=O)C2)c1)NCc1ccccc1F.I. The zero-order valence-corrected chi connectivity index (χ0v) is 20.1. The van der Waals surface area contributed by atoms with E-state index in [2.05, 4.69) is 38.7 Å². The first-order valence-corrected chi connectivity index (χ1v) is 10.3. The molecule has 0 saturated carbocycles. The Bertz CT molecular complexity index is 892. The molecule has 168 valence electrons. The van der Waals surface area contributed by atoms with E-state index in [1.54, 1.807) is 19.2 Å². The summed E-state index contributed by atoms with van der Waals surface area (Å²) in [6, 6.07) is 15.1. The van der Waals surface area contributed by atoms with E-state index < -0.39 is 0 Å². The third-order valence-electron chi connectivity index (χ3n) is 5.39. The van der Waals surface area contributed by atoms with E-state index in [0.29, 0.717) is 24.6 Å². The van der Waals surface area contributed by atoms with Crippen molar-refractivity contribution in [2.45, 2.75) is 32.5 Å². The summed E-state index contributed by atoms with van der Waals surface area (Å²) < 4.78 is 13.8. The van der Waals surface area contributed by atoms with Crippen LogP contribution in [0.2, 0.25) is 0 Å². The summed E-state index contributed by atoms with van der Waals surface area (Å²) in [7, 11) is 1.69. The van der Waals surface area contributed by atoms with Crippen molar-refractivity contribution in [3.63, 3.8) is 0 Å². The maximum Gasteiger partial charge on any atom is 0.221 e. The monoisotopic (exact) mass is 539 g/mol. The van der Waals surface area contributed by atoms with Crippen LogP contribution in [-0.4, -0.2) is 36.9 Å². The number of guanidine groups is 1. The third-order valence-corrected chi connectivity index (χ3v) is 5.39. The predicted molar refractivity (Wildman–Crippen MR) is 132 cm³/mol. The van der Waals surface area contributed by atoms with Crippen LogP contribution in [0.15, 0.2) is 53.5 Å². The summed E-state index contributed by atoms with van der Waals surface area (Å²) in [4.78, 5) is 18.0. The second-order valence-electron chi connectivity index (χ2n) is 7.67. The first kappa shape index (κ1) is 25.1. The zero-order valence-electron chi connectivity index (χ0n) is 17.8. The minimum absolute atomic E-state index is 0. The van der Waals surface area contributed by atoms with Crippen LogP contribution in [0.1, 0.15) is 29.5 Å². The van der Waals surface area contributed by atoms with Gasteiger partial charge in [-0.3, -0.25) is 14.7 Å². The quantitative estimate of drug-likeness (QED) is 0.287. The van der Waals surface area contributed by atoms with Crippen LogP contribution in [-0.2, 0) is 24.4 Å². The van der Waals surface area contributed by atoms with Gasteiger partial charge in [-0.15, -0.1) is 24.0 Å². The molecule has 2 aromatic rings. The molecule has 31 heavy (non-hydrogen) atoms. The number of halogens is 2. The lowest BCUT2D eigenvalue weighted by atomic mass is 9.97. The number of hydrogen-bond acceptors (Lipinski definition) is 3. The summed E-state index contributed by atoms with van der Waals surface area (Å²) >= 11 is 0. The molecule has 1 heterocycles. The summed E-state index contributed by atoms with van der Waals surface area (Å²) in [6.07, 6.45) is 1.88. The number of carbonyl (C=O) groups excluding carboxylic acids is 1. The third kappa shape index (κ3) is 7.77. The fourth-order valence-corrected chi connectivity index (χ4v) is 3.75. The molecule has 1 amide bonds. The first-order chi connectivity index (χ1) is 14.5. The molecule has 1 saturated heterocycles. The highest BCUT2D eigenvalue weighted by atomic mass is 127. The number of piperidine rings is 1. The Morgan fingerprint density at radius 2 is 1.90 bits per heavy atom. The molecular weight excluding hydrogens is 508 g/mol. The number of amides is 1. The predicted octanol–water partition coefficient (Wildman–Crippen LogP) is 3.01. The van der Waals surface area contributed by atoms with Crippen molar-refractivity contribution in [3.8, 4) is 0 Å². The van der Waals surface area contributed by atoms with Crippen LogP contribution in [0.3, 0.4) is 0 Å². The fraction of sp³-hybridized carbons (Fsp3) is 0.391. The van der Waals surface area contributed by atoms with Gasteiger partial charge in [0.15, 0.2) is 5.96 Å². The second kappa shape index (κ2) is 12.6. The highest BCUT2D eigenvalue weighted by Gasteiger charge is 2.23. The van der Waals surface area contributed by atoms with Gasteiger partial charge in [0.25, 0.3) is 0 Å². The molecule has 1 unspecified atom stereocenters. The molecule has 1 aliphatic rings. The number of primary amides is 1. The molecule has 2 aromatic carbocycles. The van der Waals surface area contributed by atoms with Crippen molar-refractivity contribution in [2.24, 2.45) is 16.6 Å². The molecule has 0 aromatic heterocycles. The maximum atomic E-state index is 13.8. The lowest BCUT2D eigenvalue weighted by molar-refractivity contribution is -0.123. The van der Waals surface area contributed by atoms with E-state index in [1.165, 1.54) is 11.6 Å². The van der Waals surface area contributed by atoms with E-state index in [-0.39, 0.29) is 41.6 Å². The molecule has 0 aliphatic carbocycles. The van der Waals surface area contributed by atoms with Crippen LogP contribution in [0.4, 0.5) is 4.39 Å². The Balaban J connectivity index is 0.00000341. The highest BCUT2D eigenvalue weighted by molar-refractivity contribution is 14.0. The second-order valence-corrected chi connectivity index (χ2v) is 7.67. The van der Waals surface area contributed by atoms with Gasteiger partial charge in [-0.1, -0.05) is 42.5 Å². The molecule has 4 N–H and O–H groups in total. The molecule has 1 aliphatic heterocycles.